The quantitative estimate of drug-likeness (QED) is 0.313. The van der Waals surface area contributed by atoms with Crippen LogP contribution >= 0.6 is 58.0 Å². The average Bonchev–Trinajstić information content (AvgIpc) is 2.84. The van der Waals surface area contributed by atoms with Gasteiger partial charge in [-0.15, -0.1) is 0 Å². The van der Waals surface area contributed by atoms with E-state index in [9.17, 15) is 18.0 Å². The van der Waals surface area contributed by atoms with Gasteiger partial charge in [0.1, 0.15) is 12.6 Å². The van der Waals surface area contributed by atoms with Crippen LogP contribution in [0.15, 0.2) is 30.3 Å². The zero-order chi connectivity index (χ0) is 28.2. The second-order valence-electron chi connectivity index (χ2n) is 9.23. The molecule has 208 valence electrons. The number of nitrogens with one attached hydrogen (secondary N) is 1. The molecule has 7 nitrogen and oxygen atoms in total. The number of hydrogen-bond donors (Lipinski definition) is 1. The normalized spacial score (nSPS) is 15.1. The minimum absolute atomic E-state index is 0.0126. The smallest absolute Gasteiger partial charge is 0.244 e. The van der Waals surface area contributed by atoms with Gasteiger partial charge in [0, 0.05) is 28.2 Å². The van der Waals surface area contributed by atoms with E-state index in [2.05, 4.69) is 5.32 Å². The van der Waals surface area contributed by atoms with Crippen molar-refractivity contribution in [2.75, 3.05) is 17.1 Å². The Balaban J connectivity index is 1.96. The fraction of sp³-hybridized carbons (Fsp3) is 0.440. The molecule has 0 bridgehead atoms. The molecule has 1 fully saturated rings. The van der Waals surface area contributed by atoms with E-state index < -0.39 is 28.5 Å². The van der Waals surface area contributed by atoms with Crippen LogP contribution in [0.1, 0.15) is 44.6 Å². The molecule has 13 heteroatoms. The molecule has 1 saturated carbocycles. The van der Waals surface area contributed by atoms with Crippen LogP contribution in [0.5, 0.6) is 0 Å². The van der Waals surface area contributed by atoms with Crippen molar-refractivity contribution >= 4 is 85.5 Å². The number of benzene rings is 2. The van der Waals surface area contributed by atoms with Gasteiger partial charge in [-0.1, -0.05) is 83.3 Å². The van der Waals surface area contributed by atoms with E-state index in [0.717, 1.165) is 42.7 Å². The number of anilines is 1. The number of sulfonamides is 1. The fourth-order valence-corrected chi connectivity index (χ4v) is 6.37. The van der Waals surface area contributed by atoms with Gasteiger partial charge in [0.15, 0.2) is 0 Å². The molecule has 3 rings (SSSR count). The summed E-state index contributed by atoms with van der Waals surface area (Å²) >= 11 is 31.2. The fourth-order valence-electron chi connectivity index (χ4n) is 4.30. The van der Waals surface area contributed by atoms with E-state index in [1.165, 1.54) is 17.0 Å². The minimum Gasteiger partial charge on any atom is -0.352 e. The highest BCUT2D eigenvalue weighted by Crippen LogP contribution is 2.36. The average molecular weight is 644 g/mol. The molecule has 38 heavy (non-hydrogen) atoms. The van der Waals surface area contributed by atoms with Crippen LogP contribution in [-0.4, -0.2) is 50.0 Å². The molecule has 1 N–H and O–H groups in total. The largest absolute Gasteiger partial charge is 0.352 e. The first kappa shape index (κ1) is 31.1. The van der Waals surface area contributed by atoms with Crippen LogP contribution in [0.2, 0.25) is 25.1 Å². The van der Waals surface area contributed by atoms with Gasteiger partial charge in [0.2, 0.25) is 21.8 Å². The Labute approximate surface area is 248 Å². The molecule has 0 heterocycles. The van der Waals surface area contributed by atoms with E-state index >= 15 is 0 Å². The summed E-state index contributed by atoms with van der Waals surface area (Å²) in [5.41, 5.74) is 0.409. The Hall–Kier alpha value is -1.42. The summed E-state index contributed by atoms with van der Waals surface area (Å²) in [4.78, 5) is 28.3. The Morgan fingerprint density at radius 1 is 0.947 bits per heavy atom. The Morgan fingerprint density at radius 2 is 1.53 bits per heavy atom. The van der Waals surface area contributed by atoms with Crippen LogP contribution in [0.4, 0.5) is 5.69 Å². The summed E-state index contributed by atoms with van der Waals surface area (Å²) in [6.45, 7) is 0.806. The van der Waals surface area contributed by atoms with E-state index in [1.807, 2.05) is 0 Å². The van der Waals surface area contributed by atoms with Crippen LogP contribution in [-0.2, 0) is 26.2 Å². The molecule has 2 amide bonds. The van der Waals surface area contributed by atoms with Crippen molar-refractivity contribution in [3.63, 3.8) is 0 Å². The Kier molecular flexibility index (Phi) is 10.9. The Morgan fingerprint density at radius 3 is 2.11 bits per heavy atom. The molecule has 0 spiro atoms. The first-order valence-corrected chi connectivity index (χ1v) is 15.7. The number of hydrogen-bond acceptors (Lipinski definition) is 4. The van der Waals surface area contributed by atoms with Gasteiger partial charge in [0.05, 0.1) is 27.0 Å². The maximum Gasteiger partial charge on any atom is 0.244 e. The van der Waals surface area contributed by atoms with Crippen molar-refractivity contribution in [2.45, 2.75) is 57.7 Å². The van der Waals surface area contributed by atoms with Crippen LogP contribution in [0.25, 0.3) is 0 Å². The highest BCUT2D eigenvalue weighted by atomic mass is 35.5. The van der Waals surface area contributed by atoms with Gasteiger partial charge >= 0.3 is 0 Å². The second-order valence-corrected chi connectivity index (χ2v) is 13.2. The highest BCUT2D eigenvalue weighted by Gasteiger charge is 2.32. The van der Waals surface area contributed by atoms with Gasteiger partial charge < -0.3 is 10.2 Å². The lowest BCUT2D eigenvalue weighted by Crippen LogP contribution is -2.53. The highest BCUT2D eigenvalue weighted by molar-refractivity contribution is 7.92. The zero-order valence-corrected chi connectivity index (χ0v) is 25.4. The molecule has 1 aliphatic carbocycles. The van der Waals surface area contributed by atoms with Crippen LogP contribution in [0, 0.1) is 0 Å². The maximum atomic E-state index is 13.8. The molecule has 0 aromatic heterocycles. The zero-order valence-electron chi connectivity index (χ0n) is 20.8. The van der Waals surface area contributed by atoms with Gasteiger partial charge in [-0.3, -0.25) is 13.9 Å². The Bertz CT molecular complexity index is 1280. The van der Waals surface area contributed by atoms with Crippen molar-refractivity contribution in [3.8, 4) is 0 Å². The molecule has 1 unspecified atom stereocenters. The number of carbonyl (C=O) groups is 2. The molecule has 2 aromatic rings. The maximum absolute atomic E-state index is 13.8. The molecule has 0 aliphatic heterocycles. The summed E-state index contributed by atoms with van der Waals surface area (Å²) in [6.07, 6.45) is 5.82. The van der Waals surface area contributed by atoms with Crippen LogP contribution in [0.3, 0.4) is 0 Å². The predicted octanol–water partition coefficient (Wildman–Crippen LogP) is 6.59. The van der Waals surface area contributed by atoms with Crippen molar-refractivity contribution in [1.82, 2.24) is 10.2 Å². The first-order valence-electron chi connectivity index (χ1n) is 11.9. The predicted molar refractivity (Wildman–Crippen MR) is 155 cm³/mol. The minimum atomic E-state index is -4.01. The topological polar surface area (TPSA) is 86.8 Å². The van der Waals surface area contributed by atoms with Gasteiger partial charge in [-0.2, -0.15) is 0 Å². The van der Waals surface area contributed by atoms with Crippen molar-refractivity contribution in [3.05, 3.63) is 61.0 Å². The monoisotopic (exact) mass is 641 g/mol. The number of amides is 2. The lowest BCUT2D eigenvalue weighted by molar-refractivity contribution is -0.139. The molecule has 1 aliphatic rings. The van der Waals surface area contributed by atoms with E-state index in [-0.39, 0.29) is 39.2 Å². The van der Waals surface area contributed by atoms with E-state index in [1.54, 1.807) is 25.1 Å². The van der Waals surface area contributed by atoms with Crippen molar-refractivity contribution in [2.24, 2.45) is 0 Å². The third-order valence-corrected chi connectivity index (χ3v) is 9.31. The lowest BCUT2D eigenvalue weighted by Gasteiger charge is -2.33. The number of halogens is 5. The molecule has 0 radical (unpaired) electrons. The summed E-state index contributed by atoms with van der Waals surface area (Å²) in [5.74, 6) is -1.02. The third-order valence-electron chi connectivity index (χ3n) is 6.45. The molecular formula is C25H28Cl5N3O4S. The van der Waals surface area contributed by atoms with Crippen molar-refractivity contribution < 1.29 is 18.0 Å². The molecular weight excluding hydrogens is 616 g/mol. The van der Waals surface area contributed by atoms with E-state index in [4.69, 9.17) is 58.0 Å². The third kappa shape index (κ3) is 7.83. The lowest BCUT2D eigenvalue weighted by atomic mass is 9.95. The van der Waals surface area contributed by atoms with Gasteiger partial charge in [-0.05, 0) is 44.0 Å². The molecule has 0 saturated heterocycles. The van der Waals surface area contributed by atoms with Gasteiger partial charge in [-0.25, -0.2) is 8.42 Å². The second kappa shape index (κ2) is 13.3. The molecule has 1 atom stereocenters. The number of carbonyl (C=O) groups excluding carboxylic acids is 2. The summed E-state index contributed by atoms with van der Waals surface area (Å²) in [7, 11) is -4.01. The van der Waals surface area contributed by atoms with E-state index in [0.29, 0.717) is 15.6 Å². The van der Waals surface area contributed by atoms with Gasteiger partial charge in [0.25, 0.3) is 0 Å². The standard InChI is InChI=1S/C25H28Cl5N3O4S/c1-15(25(35)31-16-7-4-3-5-8-16)32(13-17-18(26)9-6-10-19(17)27)24(34)14-33(38(2,36)37)23-12-21(29)20(28)11-22(23)30/h6,9-12,15-16H,3-5,7-8,13-14H2,1-2H3,(H,31,35). The summed E-state index contributed by atoms with van der Waals surface area (Å²) in [5, 5.41) is 3.82. The van der Waals surface area contributed by atoms with Crippen LogP contribution < -0.4 is 9.62 Å². The molecule has 2 aromatic carbocycles. The SMILES string of the molecule is CC(C(=O)NC1CCCCC1)N(Cc1c(Cl)cccc1Cl)C(=O)CN(c1cc(Cl)c(Cl)cc1Cl)S(C)(=O)=O. The summed E-state index contributed by atoms with van der Waals surface area (Å²) < 4.78 is 26.4. The summed E-state index contributed by atoms with van der Waals surface area (Å²) in [6, 6.07) is 6.54. The van der Waals surface area contributed by atoms with Crippen molar-refractivity contribution in [1.29, 1.82) is 0 Å². The number of rotatable bonds is 9. The first-order chi connectivity index (χ1) is 17.8. The number of nitrogens with zero attached hydrogens (tertiary/aromatic N) is 2.